The number of rotatable bonds is 4. The normalized spacial score (nSPS) is 19.3. The summed E-state index contributed by atoms with van der Waals surface area (Å²) in [5.41, 5.74) is 0. The summed E-state index contributed by atoms with van der Waals surface area (Å²) in [5.74, 6) is 0.622. The Bertz CT molecular complexity index is 421. The number of aromatic nitrogens is 2. The third-order valence-corrected chi connectivity index (χ3v) is 2.78. The van der Waals surface area contributed by atoms with Crippen molar-refractivity contribution in [2.24, 2.45) is 0 Å². The molecule has 0 amide bonds. The van der Waals surface area contributed by atoms with Gasteiger partial charge >= 0.3 is 5.97 Å². The fraction of sp³-hybridized carbons (Fsp3) is 0.583. The Morgan fingerprint density at radius 2 is 2.26 bits per heavy atom. The maximum absolute atomic E-state index is 10.8. The van der Waals surface area contributed by atoms with E-state index in [0.29, 0.717) is 18.3 Å². The third kappa shape index (κ3) is 3.87. The summed E-state index contributed by atoms with van der Waals surface area (Å²) in [6, 6.07) is 0.274. The van der Waals surface area contributed by atoms with E-state index in [1.54, 1.807) is 7.11 Å². The second-order valence-corrected chi connectivity index (χ2v) is 4.36. The van der Waals surface area contributed by atoms with Crippen LogP contribution in [0.15, 0.2) is 12.4 Å². The van der Waals surface area contributed by atoms with Gasteiger partial charge in [0, 0.05) is 39.7 Å². The molecule has 2 rings (SSSR count). The lowest BCUT2D eigenvalue weighted by atomic mass is 10.2. The Morgan fingerprint density at radius 3 is 2.89 bits per heavy atom. The molecule has 1 saturated heterocycles. The SMILES string of the molecule is COCC1CN(c2ncc(OC(C)=O)cn2)CCN1. The van der Waals surface area contributed by atoms with Crippen molar-refractivity contribution in [1.82, 2.24) is 15.3 Å². The first-order chi connectivity index (χ1) is 9.19. The molecule has 19 heavy (non-hydrogen) atoms. The molecule has 0 radical (unpaired) electrons. The van der Waals surface area contributed by atoms with Gasteiger partial charge in [0.05, 0.1) is 19.0 Å². The lowest BCUT2D eigenvalue weighted by Gasteiger charge is -2.33. The van der Waals surface area contributed by atoms with Crippen LogP contribution in [0.5, 0.6) is 5.75 Å². The van der Waals surface area contributed by atoms with E-state index in [0.717, 1.165) is 19.6 Å². The summed E-state index contributed by atoms with van der Waals surface area (Å²) in [5, 5.41) is 3.37. The Hall–Kier alpha value is -1.73. The molecule has 0 bridgehead atoms. The molecule has 1 fully saturated rings. The van der Waals surface area contributed by atoms with Crippen LogP contribution in [-0.4, -0.2) is 55.3 Å². The number of nitrogens with one attached hydrogen (secondary N) is 1. The molecule has 1 aromatic rings. The highest BCUT2D eigenvalue weighted by Crippen LogP contribution is 2.13. The van der Waals surface area contributed by atoms with Crippen LogP contribution in [0.25, 0.3) is 0 Å². The molecule has 1 aliphatic rings. The Labute approximate surface area is 111 Å². The van der Waals surface area contributed by atoms with Gasteiger partial charge < -0.3 is 19.7 Å². The molecule has 0 aliphatic carbocycles. The van der Waals surface area contributed by atoms with Crippen molar-refractivity contribution in [1.29, 1.82) is 0 Å². The minimum Gasteiger partial charge on any atom is -0.423 e. The molecule has 104 valence electrons. The van der Waals surface area contributed by atoms with Gasteiger partial charge in [-0.3, -0.25) is 4.79 Å². The minimum absolute atomic E-state index is 0.274. The zero-order valence-electron chi connectivity index (χ0n) is 11.1. The van der Waals surface area contributed by atoms with Gasteiger partial charge in [-0.15, -0.1) is 0 Å². The molecule has 1 atom stereocenters. The van der Waals surface area contributed by atoms with E-state index >= 15 is 0 Å². The largest absolute Gasteiger partial charge is 0.423 e. The highest BCUT2D eigenvalue weighted by Gasteiger charge is 2.21. The second kappa shape index (κ2) is 6.44. The van der Waals surface area contributed by atoms with Crippen LogP contribution in [0, 0.1) is 0 Å². The highest BCUT2D eigenvalue weighted by molar-refractivity contribution is 5.69. The van der Waals surface area contributed by atoms with Crippen molar-refractivity contribution in [3.63, 3.8) is 0 Å². The average Bonchev–Trinajstić information content (AvgIpc) is 2.40. The van der Waals surface area contributed by atoms with Gasteiger partial charge in [0.1, 0.15) is 0 Å². The molecule has 1 N–H and O–H groups in total. The molecule has 1 unspecified atom stereocenters. The number of nitrogens with zero attached hydrogens (tertiary/aromatic N) is 3. The number of hydrogen-bond donors (Lipinski definition) is 1. The van der Waals surface area contributed by atoms with Crippen molar-refractivity contribution < 1.29 is 14.3 Å². The molecule has 2 heterocycles. The molecular formula is C12H18N4O3. The first-order valence-electron chi connectivity index (χ1n) is 6.17. The summed E-state index contributed by atoms with van der Waals surface area (Å²) in [6.07, 6.45) is 3.02. The number of esters is 1. The Morgan fingerprint density at radius 1 is 1.53 bits per heavy atom. The minimum atomic E-state index is -0.376. The van der Waals surface area contributed by atoms with Crippen molar-refractivity contribution in [2.45, 2.75) is 13.0 Å². The van der Waals surface area contributed by atoms with Crippen LogP contribution < -0.4 is 15.0 Å². The fourth-order valence-electron chi connectivity index (χ4n) is 2.01. The van der Waals surface area contributed by atoms with Crippen LogP contribution in [0.1, 0.15) is 6.92 Å². The Kier molecular flexibility index (Phi) is 4.64. The van der Waals surface area contributed by atoms with E-state index < -0.39 is 0 Å². The predicted octanol–water partition coefficient (Wildman–Crippen LogP) is -0.174. The van der Waals surface area contributed by atoms with Gasteiger partial charge in [-0.25, -0.2) is 9.97 Å². The number of ether oxygens (including phenoxy) is 2. The van der Waals surface area contributed by atoms with Gasteiger partial charge in [0.15, 0.2) is 5.75 Å². The van der Waals surface area contributed by atoms with E-state index in [1.807, 2.05) is 0 Å². The maximum Gasteiger partial charge on any atom is 0.308 e. The summed E-state index contributed by atoms with van der Waals surface area (Å²) >= 11 is 0. The number of piperazine rings is 1. The quantitative estimate of drug-likeness (QED) is 0.758. The molecule has 1 aromatic heterocycles. The molecule has 1 aliphatic heterocycles. The van der Waals surface area contributed by atoms with E-state index in [9.17, 15) is 4.79 Å². The number of carbonyl (C=O) groups excluding carboxylic acids is 1. The number of carbonyl (C=O) groups is 1. The average molecular weight is 266 g/mol. The van der Waals surface area contributed by atoms with Crippen molar-refractivity contribution in [3.8, 4) is 5.75 Å². The fourth-order valence-corrected chi connectivity index (χ4v) is 2.01. The maximum atomic E-state index is 10.8. The molecule has 7 nitrogen and oxygen atoms in total. The summed E-state index contributed by atoms with van der Waals surface area (Å²) in [7, 11) is 1.69. The summed E-state index contributed by atoms with van der Waals surface area (Å²) in [4.78, 5) is 21.3. The van der Waals surface area contributed by atoms with Crippen molar-refractivity contribution in [2.75, 3.05) is 38.3 Å². The van der Waals surface area contributed by atoms with E-state index in [-0.39, 0.29) is 12.0 Å². The summed E-state index contributed by atoms with van der Waals surface area (Å²) in [6.45, 7) is 4.50. The summed E-state index contributed by atoms with van der Waals surface area (Å²) < 4.78 is 10.0. The van der Waals surface area contributed by atoms with Gasteiger partial charge in [-0.05, 0) is 0 Å². The zero-order valence-corrected chi connectivity index (χ0v) is 11.1. The third-order valence-electron chi connectivity index (χ3n) is 2.78. The lowest BCUT2D eigenvalue weighted by molar-refractivity contribution is -0.131. The standard InChI is InChI=1S/C12H18N4O3/c1-9(17)19-11-5-14-12(15-6-11)16-4-3-13-10(7-16)8-18-2/h5-6,10,13H,3-4,7-8H2,1-2H3. The molecular weight excluding hydrogens is 248 g/mol. The monoisotopic (exact) mass is 266 g/mol. The Balaban J connectivity index is 1.99. The lowest BCUT2D eigenvalue weighted by Crippen LogP contribution is -2.53. The first kappa shape index (κ1) is 13.7. The van der Waals surface area contributed by atoms with Gasteiger partial charge in [0.2, 0.25) is 5.95 Å². The smallest absolute Gasteiger partial charge is 0.308 e. The predicted molar refractivity (Wildman–Crippen MR) is 69.2 cm³/mol. The van der Waals surface area contributed by atoms with E-state index in [4.69, 9.17) is 9.47 Å². The zero-order chi connectivity index (χ0) is 13.7. The van der Waals surface area contributed by atoms with Crippen LogP contribution in [0.4, 0.5) is 5.95 Å². The molecule has 7 heteroatoms. The first-order valence-corrected chi connectivity index (χ1v) is 6.17. The van der Waals surface area contributed by atoms with Crippen LogP contribution in [-0.2, 0) is 9.53 Å². The number of anilines is 1. The van der Waals surface area contributed by atoms with Gasteiger partial charge in [0.25, 0.3) is 0 Å². The molecule has 0 spiro atoms. The van der Waals surface area contributed by atoms with Gasteiger partial charge in [-0.1, -0.05) is 0 Å². The van der Waals surface area contributed by atoms with Crippen molar-refractivity contribution in [3.05, 3.63) is 12.4 Å². The number of methoxy groups -OCH3 is 1. The van der Waals surface area contributed by atoms with E-state index in [2.05, 4.69) is 20.2 Å². The van der Waals surface area contributed by atoms with Crippen LogP contribution >= 0.6 is 0 Å². The second-order valence-electron chi connectivity index (χ2n) is 4.36. The van der Waals surface area contributed by atoms with Crippen LogP contribution in [0.2, 0.25) is 0 Å². The van der Waals surface area contributed by atoms with Crippen molar-refractivity contribution >= 4 is 11.9 Å². The van der Waals surface area contributed by atoms with Gasteiger partial charge in [-0.2, -0.15) is 0 Å². The topological polar surface area (TPSA) is 76.6 Å². The number of hydrogen-bond acceptors (Lipinski definition) is 7. The highest BCUT2D eigenvalue weighted by atomic mass is 16.5. The van der Waals surface area contributed by atoms with E-state index in [1.165, 1.54) is 19.3 Å². The molecule has 0 saturated carbocycles. The van der Waals surface area contributed by atoms with Crippen LogP contribution in [0.3, 0.4) is 0 Å². The molecule has 0 aromatic carbocycles.